The zero-order valence-corrected chi connectivity index (χ0v) is 10.4. The largest absolute Gasteiger partial charge is 0.315 e. The minimum atomic E-state index is -3.75. The summed E-state index contributed by atoms with van der Waals surface area (Å²) in [7, 11) is -3.75. The number of hydrogen-bond acceptors (Lipinski definition) is 6. The van der Waals surface area contributed by atoms with Crippen molar-refractivity contribution in [1.29, 1.82) is 0 Å². The van der Waals surface area contributed by atoms with Gasteiger partial charge < -0.3 is 5.32 Å². The molecule has 1 aliphatic rings. The van der Waals surface area contributed by atoms with Gasteiger partial charge in [-0.2, -0.15) is 0 Å². The first-order valence-corrected chi connectivity index (χ1v) is 7.12. The number of sulfone groups is 1. The lowest BCUT2D eigenvalue weighted by molar-refractivity contribution is -0.388. The maximum atomic E-state index is 12.3. The molecule has 1 N–H and O–H groups in total. The summed E-state index contributed by atoms with van der Waals surface area (Å²) in [6.45, 7) is 1.09. The molecule has 0 saturated carbocycles. The summed E-state index contributed by atoms with van der Waals surface area (Å²) in [5, 5.41) is 12.8. The summed E-state index contributed by atoms with van der Waals surface area (Å²) in [5.41, 5.74) is -0.455. The Bertz CT molecular complexity index is 552. The van der Waals surface area contributed by atoms with Crippen molar-refractivity contribution in [3.63, 3.8) is 0 Å². The Hall–Kier alpha value is -1.54. The topological polar surface area (TPSA) is 102 Å². The third kappa shape index (κ3) is 2.34. The van der Waals surface area contributed by atoms with Crippen LogP contribution in [0.3, 0.4) is 0 Å². The highest BCUT2D eigenvalue weighted by atomic mass is 32.2. The zero-order valence-electron chi connectivity index (χ0n) is 9.57. The van der Waals surface area contributed by atoms with Crippen molar-refractivity contribution in [3.05, 3.63) is 28.4 Å². The zero-order chi connectivity index (χ0) is 13.2. The van der Waals surface area contributed by atoms with Crippen LogP contribution in [0.2, 0.25) is 0 Å². The number of aromatic nitrogens is 1. The third-order valence-corrected chi connectivity index (χ3v) is 5.04. The van der Waals surface area contributed by atoms with Crippen LogP contribution >= 0.6 is 0 Å². The van der Waals surface area contributed by atoms with E-state index < -0.39 is 30.7 Å². The van der Waals surface area contributed by atoms with Crippen LogP contribution in [0.1, 0.15) is 12.8 Å². The minimum absolute atomic E-state index is 0.316. The molecule has 0 unspecified atom stereocenters. The molecule has 2 rings (SSSR count). The highest BCUT2D eigenvalue weighted by Gasteiger charge is 2.35. The van der Waals surface area contributed by atoms with E-state index >= 15 is 0 Å². The minimum Gasteiger partial charge on any atom is -0.315 e. The Kier molecular flexibility index (Phi) is 3.58. The first kappa shape index (κ1) is 12.9. The third-order valence-electron chi connectivity index (χ3n) is 2.91. The van der Waals surface area contributed by atoms with Crippen LogP contribution in [0.25, 0.3) is 0 Å². The molecule has 0 aromatic carbocycles. The molecule has 1 aliphatic heterocycles. The lowest BCUT2D eigenvalue weighted by atomic mass is 10.2. The van der Waals surface area contributed by atoms with Crippen LogP contribution in [0, 0.1) is 10.1 Å². The average molecular weight is 271 g/mol. The molecule has 0 radical (unpaired) electrons. The molecule has 7 nitrogen and oxygen atoms in total. The van der Waals surface area contributed by atoms with Gasteiger partial charge in [-0.25, -0.2) is 13.4 Å². The summed E-state index contributed by atoms with van der Waals surface area (Å²) in [6.07, 6.45) is 2.50. The van der Waals surface area contributed by atoms with Gasteiger partial charge in [0.15, 0.2) is 0 Å². The first-order valence-electron chi connectivity index (χ1n) is 5.57. The average Bonchev–Trinajstić information content (AvgIpc) is 2.39. The molecule has 1 atom stereocenters. The van der Waals surface area contributed by atoms with Gasteiger partial charge in [-0.3, -0.25) is 10.1 Å². The van der Waals surface area contributed by atoms with Gasteiger partial charge in [0.25, 0.3) is 0 Å². The molecule has 0 bridgehead atoms. The Morgan fingerprint density at radius 1 is 1.50 bits per heavy atom. The molecule has 1 aromatic heterocycles. The smallest absolute Gasteiger partial charge is 0.306 e. The Labute approximate surface area is 104 Å². The second kappa shape index (κ2) is 4.99. The summed E-state index contributed by atoms with van der Waals surface area (Å²) in [6, 6.07) is 2.52. The number of nitro groups is 1. The molecular formula is C10H13N3O4S. The fourth-order valence-electron chi connectivity index (χ4n) is 1.98. The molecule has 1 aromatic rings. The monoisotopic (exact) mass is 271 g/mol. The maximum absolute atomic E-state index is 12.3. The predicted octanol–water partition coefficient (Wildman–Crippen LogP) is 0.516. The van der Waals surface area contributed by atoms with E-state index in [0.717, 1.165) is 19.0 Å². The number of piperidine rings is 1. The van der Waals surface area contributed by atoms with E-state index in [0.29, 0.717) is 13.0 Å². The fraction of sp³-hybridized carbons (Fsp3) is 0.500. The van der Waals surface area contributed by atoms with Crippen LogP contribution in [0.5, 0.6) is 0 Å². The Morgan fingerprint density at radius 3 is 2.89 bits per heavy atom. The van der Waals surface area contributed by atoms with E-state index in [4.69, 9.17) is 0 Å². The molecule has 0 aliphatic carbocycles. The van der Waals surface area contributed by atoms with Crippen molar-refractivity contribution in [2.24, 2.45) is 0 Å². The van der Waals surface area contributed by atoms with Gasteiger partial charge in [-0.05, 0) is 25.5 Å². The molecule has 8 heteroatoms. The van der Waals surface area contributed by atoms with Crippen LogP contribution in [-0.4, -0.2) is 36.7 Å². The summed E-state index contributed by atoms with van der Waals surface area (Å²) >= 11 is 0. The number of pyridine rings is 1. The van der Waals surface area contributed by atoms with Gasteiger partial charge in [-0.1, -0.05) is 0 Å². The normalized spacial score (nSPS) is 20.6. The molecule has 0 spiro atoms. The molecule has 18 heavy (non-hydrogen) atoms. The molecule has 2 heterocycles. The second-order valence-electron chi connectivity index (χ2n) is 4.10. The Balaban J connectivity index is 2.43. The first-order chi connectivity index (χ1) is 8.53. The molecule has 1 saturated heterocycles. The highest BCUT2D eigenvalue weighted by Crippen LogP contribution is 2.26. The van der Waals surface area contributed by atoms with Crippen LogP contribution in [0.4, 0.5) is 5.69 Å². The molecule has 1 fully saturated rings. The number of hydrogen-bond donors (Lipinski definition) is 1. The lowest BCUT2D eigenvalue weighted by Gasteiger charge is -2.22. The van der Waals surface area contributed by atoms with Gasteiger partial charge in [-0.15, -0.1) is 0 Å². The van der Waals surface area contributed by atoms with Crippen molar-refractivity contribution >= 4 is 15.5 Å². The summed E-state index contributed by atoms with van der Waals surface area (Å²) < 4.78 is 24.6. The van der Waals surface area contributed by atoms with Gasteiger partial charge in [0.05, 0.1) is 10.2 Å². The van der Waals surface area contributed by atoms with Gasteiger partial charge in [0.2, 0.25) is 14.9 Å². The van der Waals surface area contributed by atoms with Crippen molar-refractivity contribution in [2.75, 3.05) is 13.1 Å². The fourth-order valence-corrected chi connectivity index (χ4v) is 3.75. The number of rotatable bonds is 3. The van der Waals surface area contributed by atoms with Gasteiger partial charge >= 0.3 is 5.69 Å². The molecule has 0 amide bonds. The summed E-state index contributed by atoms with van der Waals surface area (Å²) in [5.74, 6) is 0. The van der Waals surface area contributed by atoms with E-state index in [1.165, 1.54) is 12.3 Å². The van der Waals surface area contributed by atoms with E-state index in [1.807, 2.05) is 0 Å². The van der Waals surface area contributed by atoms with E-state index in [9.17, 15) is 18.5 Å². The SMILES string of the molecule is O=[N+]([O-])c1cccnc1S(=O)(=O)[C@@H]1CCCNC1. The van der Waals surface area contributed by atoms with E-state index in [2.05, 4.69) is 10.3 Å². The standard InChI is InChI=1S/C10H13N3O4S/c14-13(15)9-4-2-6-12-10(9)18(16,17)8-3-1-5-11-7-8/h2,4,6,8,11H,1,3,5,7H2/t8-/m1/s1. The van der Waals surface area contributed by atoms with Crippen LogP contribution < -0.4 is 5.32 Å². The Morgan fingerprint density at radius 2 is 2.28 bits per heavy atom. The summed E-state index contributed by atoms with van der Waals surface area (Å²) in [4.78, 5) is 13.8. The van der Waals surface area contributed by atoms with Crippen molar-refractivity contribution in [3.8, 4) is 0 Å². The van der Waals surface area contributed by atoms with Gasteiger partial charge in [0.1, 0.15) is 0 Å². The van der Waals surface area contributed by atoms with Crippen molar-refractivity contribution < 1.29 is 13.3 Å². The van der Waals surface area contributed by atoms with Crippen LogP contribution in [0.15, 0.2) is 23.4 Å². The highest BCUT2D eigenvalue weighted by molar-refractivity contribution is 7.92. The number of nitrogens with zero attached hydrogens (tertiary/aromatic N) is 2. The predicted molar refractivity (Wildman–Crippen MR) is 64.0 cm³/mol. The van der Waals surface area contributed by atoms with Crippen LogP contribution in [-0.2, 0) is 9.84 Å². The van der Waals surface area contributed by atoms with Gasteiger partial charge in [0, 0.05) is 18.8 Å². The molecular weight excluding hydrogens is 258 g/mol. The maximum Gasteiger partial charge on any atom is 0.306 e. The molecule has 98 valence electrons. The van der Waals surface area contributed by atoms with E-state index in [1.54, 1.807) is 0 Å². The van der Waals surface area contributed by atoms with Crippen molar-refractivity contribution in [2.45, 2.75) is 23.1 Å². The number of nitrogens with one attached hydrogen (secondary N) is 1. The van der Waals surface area contributed by atoms with E-state index in [-0.39, 0.29) is 0 Å². The van der Waals surface area contributed by atoms with Crippen molar-refractivity contribution in [1.82, 2.24) is 10.3 Å². The second-order valence-corrected chi connectivity index (χ2v) is 6.24. The lowest BCUT2D eigenvalue weighted by Crippen LogP contribution is -2.39. The quantitative estimate of drug-likeness (QED) is 0.635.